The first-order valence-corrected chi connectivity index (χ1v) is 8.23. The maximum absolute atomic E-state index is 5.58. The fourth-order valence-corrected chi connectivity index (χ4v) is 4.08. The van der Waals surface area contributed by atoms with Crippen molar-refractivity contribution in [2.24, 2.45) is 0 Å². The maximum Gasteiger partial charge on any atom is 0.234 e. The van der Waals surface area contributed by atoms with Crippen LogP contribution >= 0.6 is 11.3 Å². The van der Waals surface area contributed by atoms with Crippen LogP contribution in [0, 0.1) is 0 Å². The van der Waals surface area contributed by atoms with Crippen molar-refractivity contribution in [2.45, 2.75) is 30.7 Å². The Labute approximate surface area is 126 Å². The number of ether oxygens (including phenoxy) is 2. The Bertz CT molecular complexity index is 621. The highest BCUT2D eigenvalue weighted by Gasteiger charge is 2.32. The van der Waals surface area contributed by atoms with E-state index in [4.69, 9.17) is 14.6 Å². The molecule has 114 valence electrons. The SMILES string of the molecule is CNC1COCC1c1nn2c(C3CCOCC3)nnc2s1. The zero-order valence-corrected chi connectivity index (χ0v) is 12.8. The lowest BCUT2D eigenvalue weighted by Crippen LogP contribution is -2.31. The number of hydrogen-bond donors (Lipinski definition) is 1. The van der Waals surface area contributed by atoms with Crippen LogP contribution in [-0.4, -0.2) is 59.3 Å². The smallest absolute Gasteiger partial charge is 0.234 e. The highest BCUT2D eigenvalue weighted by atomic mass is 32.1. The second-order valence-corrected chi connectivity index (χ2v) is 6.61. The van der Waals surface area contributed by atoms with Crippen molar-refractivity contribution in [1.29, 1.82) is 0 Å². The molecule has 21 heavy (non-hydrogen) atoms. The minimum absolute atomic E-state index is 0.309. The Balaban J connectivity index is 1.65. The lowest BCUT2D eigenvalue weighted by molar-refractivity contribution is 0.0831. The summed E-state index contributed by atoms with van der Waals surface area (Å²) in [6.07, 6.45) is 2.00. The van der Waals surface area contributed by atoms with E-state index in [2.05, 4.69) is 15.5 Å². The topological polar surface area (TPSA) is 73.6 Å². The highest BCUT2D eigenvalue weighted by Crippen LogP contribution is 2.31. The molecule has 0 aromatic carbocycles. The van der Waals surface area contributed by atoms with Crippen molar-refractivity contribution in [3.05, 3.63) is 10.8 Å². The number of hydrogen-bond acceptors (Lipinski definition) is 7. The Morgan fingerprint density at radius 3 is 2.86 bits per heavy atom. The molecule has 0 bridgehead atoms. The highest BCUT2D eigenvalue weighted by molar-refractivity contribution is 7.16. The van der Waals surface area contributed by atoms with Crippen molar-refractivity contribution in [3.63, 3.8) is 0 Å². The standard InChI is InChI=1S/C13H19N5O2S/c1-14-10-7-20-6-9(10)12-17-18-11(15-16-13(18)21-12)8-2-4-19-5-3-8/h8-10,14H,2-7H2,1H3. The molecular formula is C13H19N5O2S. The summed E-state index contributed by atoms with van der Waals surface area (Å²) < 4.78 is 12.9. The molecule has 0 aliphatic carbocycles. The zero-order valence-electron chi connectivity index (χ0n) is 12.0. The summed E-state index contributed by atoms with van der Waals surface area (Å²) in [6, 6.07) is 0.334. The molecular weight excluding hydrogens is 290 g/mol. The second kappa shape index (κ2) is 5.60. The van der Waals surface area contributed by atoms with Gasteiger partial charge in [-0.3, -0.25) is 0 Å². The molecule has 4 heterocycles. The number of fused-ring (bicyclic) bond motifs is 1. The van der Waals surface area contributed by atoms with Crippen LogP contribution in [0.1, 0.15) is 35.5 Å². The van der Waals surface area contributed by atoms with Crippen LogP contribution in [0.15, 0.2) is 0 Å². The van der Waals surface area contributed by atoms with Crippen molar-refractivity contribution in [2.75, 3.05) is 33.5 Å². The van der Waals surface area contributed by atoms with Crippen LogP contribution in [-0.2, 0) is 9.47 Å². The summed E-state index contributed by atoms with van der Waals surface area (Å²) in [4.78, 5) is 0.883. The first-order chi connectivity index (χ1) is 10.4. The van der Waals surface area contributed by atoms with E-state index in [1.165, 1.54) is 0 Å². The van der Waals surface area contributed by atoms with Gasteiger partial charge in [-0.1, -0.05) is 11.3 Å². The molecule has 2 saturated heterocycles. The Morgan fingerprint density at radius 1 is 1.19 bits per heavy atom. The minimum atomic E-state index is 0.309. The number of aromatic nitrogens is 4. The van der Waals surface area contributed by atoms with Crippen molar-refractivity contribution in [3.8, 4) is 0 Å². The fourth-order valence-electron chi connectivity index (χ4n) is 3.09. The van der Waals surface area contributed by atoms with Crippen LogP contribution in [0.2, 0.25) is 0 Å². The quantitative estimate of drug-likeness (QED) is 0.903. The van der Waals surface area contributed by atoms with E-state index in [1.807, 2.05) is 11.6 Å². The average molecular weight is 309 g/mol. The molecule has 2 aromatic rings. The summed E-state index contributed by atoms with van der Waals surface area (Å²) in [5, 5.41) is 17.8. The first-order valence-electron chi connectivity index (χ1n) is 7.41. The lowest BCUT2D eigenvalue weighted by Gasteiger charge is -2.19. The monoisotopic (exact) mass is 309 g/mol. The van der Waals surface area contributed by atoms with Gasteiger partial charge in [0, 0.05) is 25.2 Å². The van der Waals surface area contributed by atoms with Gasteiger partial charge in [0.1, 0.15) is 5.01 Å². The van der Waals surface area contributed by atoms with Crippen LogP contribution < -0.4 is 5.32 Å². The van der Waals surface area contributed by atoms with Gasteiger partial charge >= 0.3 is 0 Å². The average Bonchev–Trinajstić information content (AvgIpc) is 3.22. The van der Waals surface area contributed by atoms with Gasteiger partial charge in [0.15, 0.2) is 5.82 Å². The molecule has 2 unspecified atom stereocenters. The molecule has 0 saturated carbocycles. The normalized spacial score (nSPS) is 27.7. The number of likely N-dealkylation sites (N-methyl/N-ethyl adjacent to an activating group) is 1. The lowest BCUT2D eigenvalue weighted by atomic mass is 10.00. The van der Waals surface area contributed by atoms with E-state index in [-0.39, 0.29) is 0 Å². The fraction of sp³-hybridized carbons (Fsp3) is 0.769. The van der Waals surface area contributed by atoms with Gasteiger partial charge in [0.2, 0.25) is 4.96 Å². The van der Waals surface area contributed by atoms with E-state index in [0.717, 1.165) is 55.1 Å². The third kappa shape index (κ3) is 2.36. The van der Waals surface area contributed by atoms with E-state index < -0.39 is 0 Å². The molecule has 8 heteroatoms. The molecule has 2 aliphatic rings. The van der Waals surface area contributed by atoms with E-state index >= 15 is 0 Å². The summed E-state index contributed by atoms with van der Waals surface area (Å²) in [5.41, 5.74) is 0. The molecule has 0 radical (unpaired) electrons. The molecule has 1 N–H and O–H groups in total. The van der Waals surface area contributed by atoms with Crippen molar-refractivity contribution < 1.29 is 9.47 Å². The third-order valence-electron chi connectivity index (χ3n) is 4.39. The summed E-state index contributed by atoms with van der Waals surface area (Å²) in [6.45, 7) is 3.07. The van der Waals surface area contributed by atoms with E-state index in [0.29, 0.717) is 17.9 Å². The van der Waals surface area contributed by atoms with Crippen LogP contribution in [0.4, 0.5) is 0 Å². The van der Waals surface area contributed by atoms with Crippen molar-refractivity contribution >= 4 is 16.3 Å². The Hall–Kier alpha value is -1.09. The summed E-state index contributed by atoms with van der Waals surface area (Å²) in [7, 11) is 1.97. The minimum Gasteiger partial charge on any atom is -0.381 e. The molecule has 7 nitrogen and oxygen atoms in total. The van der Waals surface area contributed by atoms with Crippen LogP contribution in [0.3, 0.4) is 0 Å². The molecule has 2 atom stereocenters. The summed E-state index contributed by atoms with van der Waals surface area (Å²) >= 11 is 1.63. The van der Waals surface area contributed by atoms with Gasteiger partial charge in [-0.15, -0.1) is 10.2 Å². The summed E-state index contributed by atoms with van der Waals surface area (Å²) in [5.74, 6) is 1.70. The molecule has 4 rings (SSSR count). The van der Waals surface area contributed by atoms with Crippen molar-refractivity contribution in [1.82, 2.24) is 25.1 Å². The van der Waals surface area contributed by atoms with E-state index in [1.54, 1.807) is 11.3 Å². The van der Waals surface area contributed by atoms with Gasteiger partial charge < -0.3 is 14.8 Å². The van der Waals surface area contributed by atoms with Gasteiger partial charge in [0.05, 0.1) is 19.1 Å². The second-order valence-electron chi connectivity index (χ2n) is 5.62. The van der Waals surface area contributed by atoms with Crippen LogP contribution in [0.5, 0.6) is 0 Å². The molecule has 0 amide bonds. The largest absolute Gasteiger partial charge is 0.381 e. The van der Waals surface area contributed by atoms with Gasteiger partial charge in [-0.25, -0.2) is 0 Å². The van der Waals surface area contributed by atoms with E-state index in [9.17, 15) is 0 Å². The van der Waals surface area contributed by atoms with Gasteiger partial charge in [0.25, 0.3) is 0 Å². The van der Waals surface area contributed by atoms with Crippen LogP contribution in [0.25, 0.3) is 4.96 Å². The number of nitrogens with one attached hydrogen (secondary N) is 1. The zero-order chi connectivity index (χ0) is 14.2. The Morgan fingerprint density at radius 2 is 2.05 bits per heavy atom. The molecule has 0 spiro atoms. The molecule has 2 aliphatic heterocycles. The number of rotatable bonds is 3. The number of nitrogens with zero attached hydrogens (tertiary/aromatic N) is 4. The third-order valence-corrected chi connectivity index (χ3v) is 5.42. The predicted octanol–water partition coefficient (Wildman–Crippen LogP) is 0.782. The van der Waals surface area contributed by atoms with Gasteiger partial charge in [-0.2, -0.15) is 9.61 Å². The predicted molar refractivity (Wildman–Crippen MR) is 77.9 cm³/mol. The molecule has 2 aromatic heterocycles. The first kappa shape index (κ1) is 13.6. The van der Waals surface area contributed by atoms with Gasteiger partial charge in [-0.05, 0) is 19.9 Å². The molecule has 2 fully saturated rings. The Kier molecular flexibility index (Phi) is 3.62. The maximum atomic E-state index is 5.58.